The summed E-state index contributed by atoms with van der Waals surface area (Å²) in [6.07, 6.45) is 0. The highest BCUT2D eigenvalue weighted by Crippen LogP contribution is 2.16. The highest BCUT2D eigenvalue weighted by molar-refractivity contribution is 6.07. The lowest BCUT2D eigenvalue weighted by atomic mass is 10.2. The van der Waals surface area contributed by atoms with E-state index in [9.17, 15) is 23.2 Å². The molecule has 0 bridgehead atoms. The van der Waals surface area contributed by atoms with Crippen molar-refractivity contribution in [2.24, 2.45) is 0 Å². The van der Waals surface area contributed by atoms with Gasteiger partial charge in [-0.3, -0.25) is 9.59 Å². The highest BCUT2D eigenvalue weighted by atomic mass is 19.1. The quantitative estimate of drug-likeness (QED) is 0.667. The number of hydrogen-bond donors (Lipinski definition) is 1. The summed E-state index contributed by atoms with van der Waals surface area (Å²) in [6, 6.07) is 11.1. The predicted octanol–water partition coefficient (Wildman–Crippen LogP) is 2.94. The second kappa shape index (κ2) is 8.42. The zero-order valence-corrected chi connectivity index (χ0v) is 15.2. The number of nitrogens with one attached hydrogen (secondary N) is 1. The van der Waals surface area contributed by atoms with Crippen LogP contribution in [0.3, 0.4) is 0 Å². The van der Waals surface area contributed by atoms with E-state index in [4.69, 9.17) is 4.74 Å². The van der Waals surface area contributed by atoms with Crippen molar-refractivity contribution >= 4 is 17.6 Å². The minimum Gasteiger partial charge on any atom is -0.461 e. The zero-order chi connectivity index (χ0) is 21.0. The molecule has 0 aliphatic heterocycles. The molecule has 1 aromatic heterocycles. The first-order valence-corrected chi connectivity index (χ1v) is 8.54. The third-order valence-corrected chi connectivity index (χ3v) is 3.84. The molecule has 2 aromatic carbocycles. The zero-order valence-electron chi connectivity index (χ0n) is 15.2. The molecular weight excluding hydrogens is 384 g/mol. The van der Waals surface area contributed by atoms with Gasteiger partial charge in [-0.25, -0.2) is 13.6 Å². The van der Waals surface area contributed by atoms with Crippen LogP contribution >= 0.6 is 0 Å². The molecule has 0 atom stereocenters. The number of aromatic nitrogens is 2. The summed E-state index contributed by atoms with van der Waals surface area (Å²) >= 11 is 0. The number of anilines is 1. The Morgan fingerprint density at radius 3 is 2.45 bits per heavy atom. The van der Waals surface area contributed by atoms with Gasteiger partial charge >= 0.3 is 5.97 Å². The Labute approximate surface area is 163 Å². The molecule has 0 fully saturated rings. The van der Waals surface area contributed by atoms with Crippen molar-refractivity contribution in [3.05, 3.63) is 87.8 Å². The predicted molar refractivity (Wildman–Crippen MR) is 100 cm³/mol. The SMILES string of the molecule is CCOC(=O)c1nn(-c2ccc(F)cc2)c(=O)cc1NC(=O)c1ccccc1F. The number of nitrogens with zero attached hydrogens (tertiary/aromatic N) is 2. The molecule has 0 saturated heterocycles. The van der Waals surface area contributed by atoms with Crippen LogP contribution in [0.15, 0.2) is 59.4 Å². The van der Waals surface area contributed by atoms with Gasteiger partial charge in [0.25, 0.3) is 11.5 Å². The molecule has 0 aliphatic rings. The lowest BCUT2D eigenvalue weighted by molar-refractivity contribution is 0.0518. The molecule has 3 rings (SSSR count). The van der Waals surface area contributed by atoms with Crippen molar-refractivity contribution in [3.63, 3.8) is 0 Å². The second-order valence-electron chi connectivity index (χ2n) is 5.79. The summed E-state index contributed by atoms with van der Waals surface area (Å²) in [7, 11) is 0. The van der Waals surface area contributed by atoms with Gasteiger partial charge < -0.3 is 10.1 Å². The molecule has 148 valence electrons. The topological polar surface area (TPSA) is 90.3 Å². The van der Waals surface area contributed by atoms with Crippen molar-refractivity contribution in [1.29, 1.82) is 0 Å². The molecule has 3 aromatic rings. The van der Waals surface area contributed by atoms with Gasteiger partial charge in [-0.15, -0.1) is 0 Å². The summed E-state index contributed by atoms with van der Waals surface area (Å²) < 4.78 is 32.8. The standard InChI is InChI=1S/C20H15F2N3O4/c1-2-29-20(28)18-16(23-19(27)14-5-3-4-6-15(14)22)11-17(26)25(24-18)13-9-7-12(21)8-10-13/h3-11H,2H2,1H3,(H,23,27). The van der Waals surface area contributed by atoms with Crippen molar-refractivity contribution in [2.45, 2.75) is 6.92 Å². The summed E-state index contributed by atoms with van der Waals surface area (Å²) in [6.45, 7) is 1.60. The van der Waals surface area contributed by atoms with Gasteiger partial charge in [0.1, 0.15) is 11.6 Å². The Morgan fingerprint density at radius 2 is 1.79 bits per heavy atom. The number of halogens is 2. The monoisotopic (exact) mass is 399 g/mol. The van der Waals surface area contributed by atoms with E-state index in [0.717, 1.165) is 28.9 Å². The van der Waals surface area contributed by atoms with Crippen LogP contribution in [0.4, 0.5) is 14.5 Å². The van der Waals surface area contributed by atoms with Gasteiger partial charge in [-0.05, 0) is 43.3 Å². The number of amides is 1. The van der Waals surface area contributed by atoms with Crippen molar-refractivity contribution in [1.82, 2.24) is 9.78 Å². The van der Waals surface area contributed by atoms with E-state index in [0.29, 0.717) is 0 Å². The summed E-state index contributed by atoms with van der Waals surface area (Å²) in [5, 5.41) is 6.28. The maximum absolute atomic E-state index is 13.9. The average molecular weight is 399 g/mol. The van der Waals surface area contributed by atoms with Gasteiger partial charge in [0.05, 0.1) is 23.5 Å². The van der Waals surface area contributed by atoms with E-state index in [2.05, 4.69) is 10.4 Å². The van der Waals surface area contributed by atoms with Crippen LogP contribution in [0, 0.1) is 11.6 Å². The molecule has 9 heteroatoms. The lowest BCUT2D eigenvalue weighted by Gasteiger charge is -2.12. The number of rotatable bonds is 5. The van der Waals surface area contributed by atoms with Crippen LogP contribution in [0.2, 0.25) is 0 Å². The van der Waals surface area contributed by atoms with Gasteiger partial charge in [0, 0.05) is 6.07 Å². The Morgan fingerprint density at radius 1 is 1.10 bits per heavy atom. The average Bonchev–Trinajstić information content (AvgIpc) is 2.69. The largest absolute Gasteiger partial charge is 0.461 e. The third-order valence-electron chi connectivity index (χ3n) is 3.84. The molecule has 0 saturated carbocycles. The lowest BCUT2D eigenvalue weighted by Crippen LogP contribution is -2.27. The maximum Gasteiger partial charge on any atom is 0.360 e. The first-order valence-electron chi connectivity index (χ1n) is 8.54. The van der Waals surface area contributed by atoms with Crippen LogP contribution in [0.25, 0.3) is 5.69 Å². The normalized spacial score (nSPS) is 10.4. The van der Waals surface area contributed by atoms with E-state index in [-0.39, 0.29) is 29.2 Å². The number of esters is 1. The molecule has 1 N–H and O–H groups in total. The molecule has 0 radical (unpaired) electrons. The molecule has 1 amide bonds. The molecule has 7 nitrogen and oxygen atoms in total. The summed E-state index contributed by atoms with van der Waals surface area (Å²) in [5.74, 6) is -3.04. The van der Waals surface area contributed by atoms with E-state index in [1.54, 1.807) is 6.92 Å². The Bertz CT molecular complexity index is 1130. The Balaban J connectivity index is 2.06. The number of hydrogen-bond acceptors (Lipinski definition) is 5. The molecule has 0 spiro atoms. The molecular formula is C20H15F2N3O4. The maximum atomic E-state index is 13.9. The molecule has 29 heavy (non-hydrogen) atoms. The molecule has 0 aliphatic carbocycles. The minimum absolute atomic E-state index is 0.0247. The van der Waals surface area contributed by atoms with Gasteiger partial charge in [0.15, 0.2) is 5.69 Å². The van der Waals surface area contributed by atoms with E-state index >= 15 is 0 Å². The fraction of sp³-hybridized carbons (Fsp3) is 0.100. The van der Waals surface area contributed by atoms with Gasteiger partial charge in [-0.1, -0.05) is 12.1 Å². The van der Waals surface area contributed by atoms with Crippen LogP contribution in [0.1, 0.15) is 27.8 Å². The number of ether oxygens (including phenoxy) is 1. The summed E-state index contributed by atoms with van der Waals surface area (Å²) in [5.41, 5.74) is -1.37. The number of carbonyl (C=O) groups is 2. The molecule has 1 heterocycles. The highest BCUT2D eigenvalue weighted by Gasteiger charge is 2.21. The summed E-state index contributed by atoms with van der Waals surface area (Å²) in [4.78, 5) is 37.2. The minimum atomic E-state index is -0.896. The van der Waals surface area contributed by atoms with Gasteiger partial charge in [-0.2, -0.15) is 9.78 Å². The van der Waals surface area contributed by atoms with Gasteiger partial charge in [0.2, 0.25) is 0 Å². The van der Waals surface area contributed by atoms with E-state index in [1.165, 1.54) is 30.3 Å². The molecule has 0 unspecified atom stereocenters. The fourth-order valence-corrected chi connectivity index (χ4v) is 2.50. The smallest absolute Gasteiger partial charge is 0.360 e. The van der Waals surface area contributed by atoms with Crippen molar-refractivity contribution < 1.29 is 23.1 Å². The van der Waals surface area contributed by atoms with Crippen molar-refractivity contribution in [3.8, 4) is 5.69 Å². The third kappa shape index (κ3) is 4.34. The number of benzene rings is 2. The Kier molecular flexibility index (Phi) is 5.77. The van der Waals surface area contributed by atoms with Crippen LogP contribution < -0.4 is 10.9 Å². The first kappa shape index (κ1) is 19.9. The van der Waals surface area contributed by atoms with Crippen LogP contribution in [0.5, 0.6) is 0 Å². The van der Waals surface area contributed by atoms with E-state index < -0.39 is 29.1 Å². The second-order valence-corrected chi connectivity index (χ2v) is 5.79. The fourth-order valence-electron chi connectivity index (χ4n) is 2.50. The number of carbonyl (C=O) groups excluding carboxylic acids is 2. The first-order chi connectivity index (χ1) is 13.9. The van der Waals surface area contributed by atoms with Crippen LogP contribution in [-0.2, 0) is 4.74 Å². The van der Waals surface area contributed by atoms with Crippen LogP contribution in [-0.4, -0.2) is 28.3 Å². The Hall–Kier alpha value is -3.88. The van der Waals surface area contributed by atoms with Crippen molar-refractivity contribution in [2.75, 3.05) is 11.9 Å². The van der Waals surface area contributed by atoms with E-state index in [1.807, 2.05) is 0 Å².